The average Bonchev–Trinajstić information content (AvgIpc) is 2.54. The molecule has 0 radical (unpaired) electrons. The van der Waals surface area contributed by atoms with Crippen LogP contribution in [0, 0.1) is 0 Å². The van der Waals surface area contributed by atoms with Crippen molar-refractivity contribution >= 4 is 17.5 Å². The van der Waals surface area contributed by atoms with Crippen LogP contribution in [0.4, 0.5) is 0 Å². The van der Waals surface area contributed by atoms with Gasteiger partial charge in [0, 0.05) is 11.6 Å². The molecule has 2 aromatic carbocycles. The minimum Gasteiger partial charge on any atom is -0.486 e. The van der Waals surface area contributed by atoms with Crippen molar-refractivity contribution in [2.45, 2.75) is 6.42 Å². The Hall–Kier alpha value is -2.20. The number of nitrogens with one attached hydrogen (secondary N) is 1. The minimum atomic E-state index is -0.163. The number of ether oxygens (including phenoxy) is 2. The second-order valence-corrected chi connectivity index (χ2v) is 5.40. The van der Waals surface area contributed by atoms with E-state index >= 15 is 0 Å². The van der Waals surface area contributed by atoms with E-state index in [9.17, 15) is 4.79 Å². The summed E-state index contributed by atoms with van der Waals surface area (Å²) in [6, 6.07) is 12.9. The van der Waals surface area contributed by atoms with Gasteiger partial charge in [0.15, 0.2) is 11.5 Å². The largest absolute Gasteiger partial charge is 0.486 e. The summed E-state index contributed by atoms with van der Waals surface area (Å²) in [6.07, 6.45) is 0.721. The summed E-state index contributed by atoms with van der Waals surface area (Å²) in [4.78, 5) is 12.3. The van der Waals surface area contributed by atoms with Gasteiger partial charge in [-0.1, -0.05) is 29.8 Å². The van der Waals surface area contributed by atoms with Crippen LogP contribution in [0.15, 0.2) is 42.5 Å². The molecule has 2 aromatic rings. The molecular formula is C17H16ClNO3. The molecule has 3 rings (SSSR count). The van der Waals surface area contributed by atoms with Gasteiger partial charge in [-0.2, -0.15) is 0 Å². The summed E-state index contributed by atoms with van der Waals surface area (Å²) in [5.41, 5.74) is 1.59. The third-order valence-electron chi connectivity index (χ3n) is 3.40. The number of hydrogen-bond acceptors (Lipinski definition) is 3. The Kier molecular flexibility index (Phi) is 4.49. The zero-order chi connectivity index (χ0) is 15.4. The summed E-state index contributed by atoms with van der Waals surface area (Å²) in [6.45, 7) is 1.50. The van der Waals surface area contributed by atoms with E-state index in [1.807, 2.05) is 24.3 Å². The van der Waals surface area contributed by atoms with Crippen LogP contribution < -0.4 is 14.8 Å². The Balaban J connectivity index is 1.63. The highest BCUT2D eigenvalue weighted by atomic mass is 35.5. The van der Waals surface area contributed by atoms with Crippen molar-refractivity contribution in [2.75, 3.05) is 19.8 Å². The van der Waals surface area contributed by atoms with Crippen LogP contribution in [0.2, 0.25) is 5.02 Å². The predicted octanol–water partition coefficient (Wildman–Crippen LogP) is 3.08. The molecule has 0 saturated heterocycles. The first-order chi connectivity index (χ1) is 10.7. The van der Waals surface area contributed by atoms with Gasteiger partial charge in [-0.05, 0) is 36.2 Å². The summed E-state index contributed by atoms with van der Waals surface area (Å²) in [7, 11) is 0. The topological polar surface area (TPSA) is 47.6 Å². The molecule has 114 valence electrons. The standard InChI is InChI=1S/C17H16ClNO3/c18-13-4-1-3-12(11-13)7-8-19-17(20)14-5-2-6-15-16(14)22-10-9-21-15/h1-6,11H,7-10H2,(H,19,20). The number of hydrogen-bond donors (Lipinski definition) is 1. The van der Waals surface area contributed by atoms with E-state index < -0.39 is 0 Å². The Morgan fingerprint density at radius 1 is 1.14 bits per heavy atom. The average molecular weight is 318 g/mol. The van der Waals surface area contributed by atoms with Crippen molar-refractivity contribution in [3.63, 3.8) is 0 Å². The second-order valence-electron chi connectivity index (χ2n) is 4.97. The van der Waals surface area contributed by atoms with Gasteiger partial charge in [0.05, 0.1) is 5.56 Å². The molecule has 1 N–H and O–H groups in total. The Morgan fingerprint density at radius 3 is 2.82 bits per heavy atom. The van der Waals surface area contributed by atoms with Gasteiger partial charge in [0.1, 0.15) is 13.2 Å². The number of amides is 1. The Bertz CT molecular complexity index is 687. The van der Waals surface area contributed by atoms with Crippen LogP contribution in [0.25, 0.3) is 0 Å². The first-order valence-electron chi connectivity index (χ1n) is 7.15. The maximum absolute atomic E-state index is 12.3. The van der Waals surface area contributed by atoms with Crippen LogP contribution in [0.3, 0.4) is 0 Å². The number of benzene rings is 2. The number of rotatable bonds is 4. The fourth-order valence-corrected chi connectivity index (χ4v) is 2.57. The van der Waals surface area contributed by atoms with Crippen molar-refractivity contribution in [3.05, 3.63) is 58.6 Å². The van der Waals surface area contributed by atoms with Crippen molar-refractivity contribution in [2.24, 2.45) is 0 Å². The van der Waals surface area contributed by atoms with E-state index in [1.165, 1.54) is 0 Å². The normalized spacial score (nSPS) is 12.8. The quantitative estimate of drug-likeness (QED) is 0.942. The van der Waals surface area contributed by atoms with Crippen molar-refractivity contribution in [1.82, 2.24) is 5.32 Å². The molecule has 0 unspecified atom stereocenters. The highest BCUT2D eigenvalue weighted by molar-refractivity contribution is 6.30. The first-order valence-corrected chi connectivity index (χ1v) is 7.53. The summed E-state index contributed by atoms with van der Waals surface area (Å²) in [5.74, 6) is 0.979. The van der Waals surface area contributed by atoms with Gasteiger partial charge in [-0.25, -0.2) is 0 Å². The molecule has 0 saturated carbocycles. The van der Waals surface area contributed by atoms with Gasteiger partial charge in [-0.3, -0.25) is 4.79 Å². The van der Waals surface area contributed by atoms with E-state index in [1.54, 1.807) is 18.2 Å². The summed E-state index contributed by atoms with van der Waals surface area (Å²) in [5, 5.41) is 3.60. The molecule has 5 heteroatoms. The molecule has 0 spiro atoms. The number of fused-ring (bicyclic) bond motifs is 1. The molecule has 4 nitrogen and oxygen atoms in total. The van der Waals surface area contributed by atoms with E-state index in [0.29, 0.717) is 41.8 Å². The molecule has 22 heavy (non-hydrogen) atoms. The van der Waals surface area contributed by atoms with E-state index in [0.717, 1.165) is 12.0 Å². The SMILES string of the molecule is O=C(NCCc1cccc(Cl)c1)c1cccc2c1OCCO2. The molecule has 0 aliphatic carbocycles. The molecule has 0 atom stereocenters. The van der Waals surface area contributed by atoms with Gasteiger partial charge in [-0.15, -0.1) is 0 Å². The third kappa shape index (κ3) is 3.34. The van der Waals surface area contributed by atoms with Gasteiger partial charge < -0.3 is 14.8 Å². The highest BCUT2D eigenvalue weighted by Gasteiger charge is 2.19. The molecule has 1 aliphatic heterocycles. The van der Waals surface area contributed by atoms with E-state index in [2.05, 4.69) is 5.32 Å². The maximum Gasteiger partial charge on any atom is 0.255 e. The molecule has 0 aromatic heterocycles. The lowest BCUT2D eigenvalue weighted by atomic mass is 10.1. The van der Waals surface area contributed by atoms with Gasteiger partial charge in [0.2, 0.25) is 0 Å². The first kappa shape index (κ1) is 14.7. The van der Waals surface area contributed by atoms with Crippen molar-refractivity contribution in [3.8, 4) is 11.5 Å². The lowest BCUT2D eigenvalue weighted by molar-refractivity contribution is 0.0943. The predicted molar refractivity (Wildman–Crippen MR) is 84.9 cm³/mol. The Morgan fingerprint density at radius 2 is 1.95 bits per heavy atom. The van der Waals surface area contributed by atoms with Crippen molar-refractivity contribution < 1.29 is 14.3 Å². The molecular weight excluding hydrogens is 302 g/mol. The number of para-hydroxylation sites is 1. The summed E-state index contributed by atoms with van der Waals surface area (Å²) < 4.78 is 11.0. The Labute approximate surface area is 134 Å². The number of halogens is 1. The molecule has 0 fully saturated rings. The molecule has 1 aliphatic rings. The lowest BCUT2D eigenvalue weighted by Crippen LogP contribution is -2.27. The second kappa shape index (κ2) is 6.71. The molecule has 1 amide bonds. The number of carbonyl (C=O) groups excluding carboxylic acids is 1. The maximum atomic E-state index is 12.3. The van der Waals surface area contributed by atoms with Gasteiger partial charge >= 0.3 is 0 Å². The third-order valence-corrected chi connectivity index (χ3v) is 3.63. The van der Waals surface area contributed by atoms with E-state index in [4.69, 9.17) is 21.1 Å². The van der Waals surface area contributed by atoms with Gasteiger partial charge in [0.25, 0.3) is 5.91 Å². The summed E-state index contributed by atoms with van der Waals surface area (Å²) >= 11 is 5.94. The highest BCUT2D eigenvalue weighted by Crippen LogP contribution is 2.33. The van der Waals surface area contributed by atoms with Crippen LogP contribution in [-0.2, 0) is 6.42 Å². The van der Waals surface area contributed by atoms with Crippen LogP contribution in [0.1, 0.15) is 15.9 Å². The van der Waals surface area contributed by atoms with Crippen LogP contribution in [0.5, 0.6) is 11.5 Å². The minimum absolute atomic E-state index is 0.163. The molecule has 0 bridgehead atoms. The number of carbonyl (C=O) groups is 1. The zero-order valence-corrected chi connectivity index (χ0v) is 12.7. The van der Waals surface area contributed by atoms with Crippen molar-refractivity contribution in [1.29, 1.82) is 0 Å². The fourth-order valence-electron chi connectivity index (χ4n) is 2.36. The monoisotopic (exact) mass is 317 g/mol. The molecule has 1 heterocycles. The smallest absolute Gasteiger partial charge is 0.255 e. The van der Waals surface area contributed by atoms with E-state index in [-0.39, 0.29) is 5.91 Å². The zero-order valence-electron chi connectivity index (χ0n) is 12.0. The van der Waals surface area contributed by atoms with Crippen LogP contribution in [-0.4, -0.2) is 25.7 Å². The fraction of sp³-hybridized carbons (Fsp3) is 0.235. The lowest BCUT2D eigenvalue weighted by Gasteiger charge is -2.20. The van der Waals surface area contributed by atoms with Crippen LogP contribution >= 0.6 is 11.6 Å².